The number of ether oxygens (including phenoxy) is 2. The molecule has 0 bridgehead atoms. The second kappa shape index (κ2) is 14.8. The largest absolute Gasteiger partial charge is 0.459 e. The molecule has 0 aromatic heterocycles. The number of rotatable bonds is 12. The summed E-state index contributed by atoms with van der Waals surface area (Å²) in [6.07, 6.45) is 0.857. The molecule has 5 rings (SSSR count). The van der Waals surface area contributed by atoms with Crippen molar-refractivity contribution in [2.45, 2.75) is 44.8 Å². The third-order valence-corrected chi connectivity index (χ3v) is 8.64. The van der Waals surface area contributed by atoms with Gasteiger partial charge >= 0.3 is 12.1 Å². The van der Waals surface area contributed by atoms with E-state index in [4.69, 9.17) is 9.47 Å². The molecule has 0 spiro atoms. The number of esters is 1. The van der Waals surface area contributed by atoms with Crippen LogP contribution < -0.4 is 10.6 Å². The highest BCUT2D eigenvalue weighted by atomic mass is 79.9. The summed E-state index contributed by atoms with van der Waals surface area (Å²) in [5, 5.41) is 5.65. The number of benzene rings is 4. The Hall–Kier alpha value is -4.43. The molecule has 2 N–H and O–H groups in total. The van der Waals surface area contributed by atoms with Crippen LogP contribution in [0.3, 0.4) is 0 Å². The van der Waals surface area contributed by atoms with Gasteiger partial charge in [-0.1, -0.05) is 101 Å². The van der Waals surface area contributed by atoms with E-state index in [1.807, 2.05) is 67.6 Å². The standard InChI is InChI=1S/C36H35BrN2O5/c1-24-18-19-26(21-32(24)37)34(40)38-20-10-9-17-33(35(41)43-22-25-11-3-2-4-12-25)39-36(42)44-23-31-29-15-7-5-13-27(29)28-14-6-8-16-30(28)31/h2-8,11-16,18-19,21,31,33H,9-10,17,20,22-23H2,1H3,(H,38,40)(H,39,42)/t33-/m0/s1. The molecule has 0 saturated heterocycles. The van der Waals surface area contributed by atoms with Gasteiger partial charge in [0, 0.05) is 22.5 Å². The Balaban J connectivity index is 1.16. The van der Waals surface area contributed by atoms with Gasteiger partial charge in [0.2, 0.25) is 0 Å². The molecule has 0 fully saturated rings. The van der Waals surface area contributed by atoms with Crippen molar-refractivity contribution < 1.29 is 23.9 Å². The lowest BCUT2D eigenvalue weighted by atomic mass is 9.98. The van der Waals surface area contributed by atoms with E-state index in [0.29, 0.717) is 31.4 Å². The van der Waals surface area contributed by atoms with Crippen LogP contribution >= 0.6 is 15.9 Å². The lowest BCUT2D eigenvalue weighted by Crippen LogP contribution is -2.42. The SMILES string of the molecule is Cc1ccc(C(=O)NCCCC[C@H](NC(=O)OCC2c3ccccc3-c3ccccc32)C(=O)OCc2ccccc2)cc1Br. The summed E-state index contributed by atoms with van der Waals surface area (Å²) in [5.41, 5.74) is 6.98. The number of carbonyl (C=O) groups excluding carboxylic acids is 3. The molecule has 0 radical (unpaired) electrons. The zero-order valence-electron chi connectivity index (χ0n) is 24.6. The summed E-state index contributed by atoms with van der Waals surface area (Å²) in [4.78, 5) is 38.6. The summed E-state index contributed by atoms with van der Waals surface area (Å²) in [6, 6.07) is 30.2. The van der Waals surface area contributed by atoms with E-state index in [1.165, 1.54) is 0 Å². The quantitative estimate of drug-likeness (QED) is 0.123. The fourth-order valence-electron chi connectivity index (χ4n) is 5.37. The molecule has 0 aliphatic heterocycles. The Morgan fingerprint density at radius 1 is 0.818 bits per heavy atom. The molecular weight excluding hydrogens is 620 g/mol. The van der Waals surface area contributed by atoms with Gasteiger partial charge in [0.05, 0.1) is 0 Å². The Kier molecular flexibility index (Phi) is 10.5. The van der Waals surface area contributed by atoms with Gasteiger partial charge in [-0.05, 0) is 71.7 Å². The molecule has 0 unspecified atom stereocenters. The van der Waals surface area contributed by atoms with Crippen LogP contribution in [-0.2, 0) is 20.9 Å². The zero-order chi connectivity index (χ0) is 30.9. The molecule has 44 heavy (non-hydrogen) atoms. The van der Waals surface area contributed by atoms with E-state index in [2.05, 4.69) is 50.8 Å². The molecular formula is C36H35BrN2O5. The topological polar surface area (TPSA) is 93.7 Å². The first-order valence-electron chi connectivity index (χ1n) is 14.8. The monoisotopic (exact) mass is 654 g/mol. The normalized spacial score (nSPS) is 12.5. The average molecular weight is 656 g/mol. The van der Waals surface area contributed by atoms with Crippen LogP contribution in [0.15, 0.2) is 102 Å². The smallest absolute Gasteiger partial charge is 0.407 e. The van der Waals surface area contributed by atoms with Crippen LogP contribution in [0.1, 0.15) is 57.8 Å². The van der Waals surface area contributed by atoms with Crippen LogP contribution in [0.5, 0.6) is 0 Å². The lowest BCUT2D eigenvalue weighted by molar-refractivity contribution is -0.147. The van der Waals surface area contributed by atoms with E-state index in [1.54, 1.807) is 12.1 Å². The summed E-state index contributed by atoms with van der Waals surface area (Å²) in [7, 11) is 0. The van der Waals surface area contributed by atoms with Crippen LogP contribution in [0.25, 0.3) is 11.1 Å². The van der Waals surface area contributed by atoms with Crippen LogP contribution in [0.4, 0.5) is 4.79 Å². The summed E-state index contributed by atoms with van der Waals surface area (Å²) < 4.78 is 12.1. The molecule has 226 valence electrons. The van der Waals surface area contributed by atoms with Gasteiger partial charge in [-0.2, -0.15) is 0 Å². The van der Waals surface area contributed by atoms with Crippen LogP contribution in [0.2, 0.25) is 0 Å². The molecule has 1 aliphatic rings. The molecule has 8 heteroatoms. The minimum atomic E-state index is -0.891. The number of hydrogen-bond donors (Lipinski definition) is 2. The number of halogens is 1. The Morgan fingerprint density at radius 3 is 2.16 bits per heavy atom. The van der Waals surface area contributed by atoms with Crippen LogP contribution in [0, 0.1) is 6.92 Å². The molecule has 4 aromatic carbocycles. The molecule has 7 nitrogen and oxygen atoms in total. The Labute approximate surface area is 266 Å². The second-order valence-corrected chi connectivity index (χ2v) is 11.7. The predicted molar refractivity (Wildman–Crippen MR) is 173 cm³/mol. The number of aryl methyl sites for hydroxylation is 1. The van der Waals surface area contributed by atoms with E-state index < -0.39 is 18.1 Å². The number of amides is 2. The van der Waals surface area contributed by atoms with E-state index in [9.17, 15) is 14.4 Å². The molecule has 1 atom stereocenters. The fourth-order valence-corrected chi connectivity index (χ4v) is 5.75. The highest BCUT2D eigenvalue weighted by Gasteiger charge is 2.30. The maximum atomic E-state index is 13.1. The minimum absolute atomic E-state index is 0.0885. The highest BCUT2D eigenvalue weighted by molar-refractivity contribution is 9.10. The second-order valence-electron chi connectivity index (χ2n) is 10.8. The molecule has 2 amide bonds. The van der Waals surface area contributed by atoms with Gasteiger partial charge < -0.3 is 20.1 Å². The van der Waals surface area contributed by atoms with Crippen LogP contribution in [-0.4, -0.2) is 37.2 Å². The third kappa shape index (κ3) is 7.74. The number of carbonyl (C=O) groups is 3. The fraction of sp³-hybridized carbons (Fsp3) is 0.250. The highest BCUT2D eigenvalue weighted by Crippen LogP contribution is 2.44. The van der Waals surface area contributed by atoms with E-state index >= 15 is 0 Å². The summed E-state index contributed by atoms with van der Waals surface area (Å²) in [5.74, 6) is -0.786. The van der Waals surface area contributed by atoms with Crippen molar-refractivity contribution in [1.82, 2.24) is 10.6 Å². The first kappa shape index (κ1) is 31.0. The number of hydrogen-bond acceptors (Lipinski definition) is 5. The zero-order valence-corrected chi connectivity index (χ0v) is 26.1. The van der Waals surface area contributed by atoms with Gasteiger partial charge in [0.15, 0.2) is 0 Å². The van der Waals surface area contributed by atoms with Gasteiger partial charge in [0.1, 0.15) is 19.3 Å². The van der Waals surface area contributed by atoms with Crippen molar-refractivity contribution in [3.8, 4) is 11.1 Å². The molecule has 4 aromatic rings. The van der Waals surface area contributed by atoms with E-state index in [0.717, 1.165) is 37.9 Å². The predicted octanol–water partition coefficient (Wildman–Crippen LogP) is 7.31. The summed E-state index contributed by atoms with van der Waals surface area (Å²) in [6.45, 7) is 2.64. The van der Waals surface area contributed by atoms with Crippen molar-refractivity contribution in [2.24, 2.45) is 0 Å². The number of nitrogens with one attached hydrogen (secondary N) is 2. The molecule has 0 saturated carbocycles. The van der Waals surface area contributed by atoms with Gasteiger partial charge in [-0.3, -0.25) is 4.79 Å². The first-order chi connectivity index (χ1) is 21.4. The molecule has 0 heterocycles. The first-order valence-corrected chi connectivity index (χ1v) is 15.6. The summed E-state index contributed by atoms with van der Waals surface area (Å²) >= 11 is 3.46. The number of alkyl carbamates (subject to hydrolysis) is 1. The Bertz CT molecular complexity index is 1580. The minimum Gasteiger partial charge on any atom is -0.459 e. The number of fused-ring (bicyclic) bond motifs is 3. The van der Waals surface area contributed by atoms with Gasteiger partial charge in [-0.15, -0.1) is 0 Å². The average Bonchev–Trinajstić information content (AvgIpc) is 3.37. The molecule has 1 aliphatic carbocycles. The van der Waals surface area contributed by atoms with Gasteiger partial charge in [-0.25, -0.2) is 9.59 Å². The lowest BCUT2D eigenvalue weighted by Gasteiger charge is -2.19. The third-order valence-electron chi connectivity index (χ3n) is 7.78. The van der Waals surface area contributed by atoms with Crippen molar-refractivity contribution in [2.75, 3.05) is 13.2 Å². The maximum Gasteiger partial charge on any atom is 0.407 e. The van der Waals surface area contributed by atoms with Crippen molar-refractivity contribution in [3.05, 3.63) is 129 Å². The van der Waals surface area contributed by atoms with E-state index in [-0.39, 0.29) is 25.0 Å². The van der Waals surface area contributed by atoms with Crippen molar-refractivity contribution >= 4 is 33.9 Å². The Morgan fingerprint density at radius 2 is 1.48 bits per heavy atom. The maximum absolute atomic E-state index is 13.1. The van der Waals surface area contributed by atoms with Gasteiger partial charge in [0.25, 0.3) is 5.91 Å². The van der Waals surface area contributed by atoms with Crippen molar-refractivity contribution in [3.63, 3.8) is 0 Å². The number of unbranched alkanes of at least 4 members (excludes halogenated alkanes) is 1. The van der Waals surface area contributed by atoms with Crippen molar-refractivity contribution in [1.29, 1.82) is 0 Å².